The van der Waals surface area contributed by atoms with Gasteiger partial charge in [-0.25, -0.2) is 0 Å². The average molecular weight is 841 g/mol. The van der Waals surface area contributed by atoms with Crippen molar-refractivity contribution >= 4 is 49.6 Å². The van der Waals surface area contributed by atoms with Crippen LogP contribution in [0.5, 0.6) is 0 Å². The van der Waals surface area contributed by atoms with Crippen molar-refractivity contribution in [2.45, 2.75) is 0 Å². The fourth-order valence-corrected chi connectivity index (χ4v) is 9.70. The lowest BCUT2D eigenvalue weighted by Crippen LogP contribution is -2.10. The van der Waals surface area contributed by atoms with E-state index in [-0.39, 0.29) is 0 Å². The monoisotopic (exact) mass is 840 g/mol. The van der Waals surface area contributed by atoms with Crippen LogP contribution in [-0.2, 0) is 0 Å². The minimum atomic E-state index is 1.08. The van der Waals surface area contributed by atoms with Crippen LogP contribution in [0.1, 0.15) is 0 Å². The van der Waals surface area contributed by atoms with Gasteiger partial charge in [0.1, 0.15) is 0 Å². The summed E-state index contributed by atoms with van der Waals surface area (Å²) in [5.41, 5.74) is 18.6. The molecule has 2 nitrogen and oxygen atoms in total. The molecule has 0 bridgehead atoms. The quantitative estimate of drug-likeness (QED) is 0.141. The third-order valence-electron chi connectivity index (χ3n) is 13.0. The lowest BCUT2D eigenvalue weighted by Gasteiger charge is -2.26. The van der Waals surface area contributed by atoms with Crippen molar-refractivity contribution in [1.29, 1.82) is 0 Å². The van der Waals surface area contributed by atoms with Crippen LogP contribution in [-0.4, -0.2) is 4.57 Å². The Morgan fingerprint density at radius 3 is 1.38 bits per heavy atom. The Bertz CT molecular complexity index is 3650. The molecule has 2 heteroatoms. The third-order valence-corrected chi connectivity index (χ3v) is 13.0. The number of rotatable bonds is 9. The van der Waals surface area contributed by atoms with Crippen LogP contribution < -0.4 is 4.90 Å². The highest BCUT2D eigenvalue weighted by Gasteiger charge is 2.21. The first kappa shape index (κ1) is 38.9. The molecule has 0 amide bonds. The summed E-state index contributed by atoms with van der Waals surface area (Å²) in [5, 5.41) is 4.93. The van der Waals surface area contributed by atoms with Crippen LogP contribution in [0.4, 0.5) is 17.1 Å². The first-order valence-corrected chi connectivity index (χ1v) is 22.7. The van der Waals surface area contributed by atoms with E-state index in [4.69, 9.17) is 0 Å². The van der Waals surface area contributed by atoms with E-state index in [2.05, 4.69) is 276 Å². The molecule has 0 radical (unpaired) electrons. The standard InChI is InChI=1S/C64H44N2/c1-5-16-45(17-6-1)49-30-35-57(36-31-49)65(58-37-32-50(33-38-58)52-29-28-48-22-13-14-23-51(48)40-52)59-27-15-24-54(41-59)61-42-55(47-20-9-3-10-21-47)44-63-64(61)60-39-34-53(46-18-7-2-8-19-46)43-62(60)66(63)56-25-11-4-12-26-56/h1-44H. The highest BCUT2D eigenvalue weighted by atomic mass is 15.1. The highest BCUT2D eigenvalue weighted by Crippen LogP contribution is 2.45. The number of hydrogen-bond donors (Lipinski definition) is 0. The zero-order valence-electron chi connectivity index (χ0n) is 36.3. The van der Waals surface area contributed by atoms with Gasteiger partial charge < -0.3 is 9.47 Å². The summed E-state index contributed by atoms with van der Waals surface area (Å²) in [6.07, 6.45) is 0. The van der Waals surface area contributed by atoms with E-state index in [1.54, 1.807) is 0 Å². The maximum Gasteiger partial charge on any atom is 0.0553 e. The molecule has 12 aromatic rings. The van der Waals surface area contributed by atoms with Crippen LogP contribution in [0.2, 0.25) is 0 Å². The van der Waals surface area contributed by atoms with Crippen LogP contribution in [0.3, 0.4) is 0 Å². The lowest BCUT2D eigenvalue weighted by molar-refractivity contribution is 1.18. The number of aromatic nitrogens is 1. The Morgan fingerprint density at radius 2 is 0.727 bits per heavy atom. The van der Waals surface area contributed by atoms with Gasteiger partial charge in [-0.1, -0.05) is 194 Å². The summed E-state index contributed by atoms with van der Waals surface area (Å²) in [4.78, 5) is 2.39. The molecule has 0 spiro atoms. The summed E-state index contributed by atoms with van der Waals surface area (Å²) in [7, 11) is 0. The summed E-state index contributed by atoms with van der Waals surface area (Å²) in [6.45, 7) is 0. The van der Waals surface area contributed by atoms with Gasteiger partial charge in [0.2, 0.25) is 0 Å². The molecule has 0 saturated carbocycles. The van der Waals surface area contributed by atoms with E-state index in [0.29, 0.717) is 0 Å². The van der Waals surface area contributed by atoms with E-state index < -0.39 is 0 Å². The largest absolute Gasteiger partial charge is 0.310 e. The van der Waals surface area contributed by atoms with Gasteiger partial charge in [-0.05, 0) is 139 Å². The lowest BCUT2D eigenvalue weighted by atomic mass is 9.93. The van der Waals surface area contributed by atoms with E-state index in [9.17, 15) is 0 Å². The molecular weight excluding hydrogens is 797 g/mol. The van der Waals surface area contributed by atoms with Gasteiger partial charge in [0.25, 0.3) is 0 Å². The maximum atomic E-state index is 2.45. The zero-order valence-corrected chi connectivity index (χ0v) is 36.3. The number of nitrogens with zero attached hydrogens (tertiary/aromatic N) is 2. The van der Waals surface area contributed by atoms with Gasteiger partial charge in [0, 0.05) is 33.5 Å². The predicted molar refractivity (Wildman–Crippen MR) is 280 cm³/mol. The molecule has 1 heterocycles. The zero-order chi connectivity index (χ0) is 43.8. The maximum absolute atomic E-state index is 2.45. The molecule has 12 rings (SSSR count). The molecule has 0 N–H and O–H groups in total. The smallest absolute Gasteiger partial charge is 0.0553 e. The molecule has 0 fully saturated rings. The number of anilines is 3. The number of hydrogen-bond acceptors (Lipinski definition) is 1. The Kier molecular flexibility index (Phi) is 9.89. The molecule has 66 heavy (non-hydrogen) atoms. The summed E-state index contributed by atoms with van der Waals surface area (Å²) >= 11 is 0. The summed E-state index contributed by atoms with van der Waals surface area (Å²) in [5.74, 6) is 0. The van der Waals surface area contributed by atoms with E-state index >= 15 is 0 Å². The first-order chi connectivity index (χ1) is 32.7. The topological polar surface area (TPSA) is 8.17 Å². The average Bonchev–Trinajstić information content (AvgIpc) is 3.73. The van der Waals surface area contributed by atoms with Crippen molar-refractivity contribution < 1.29 is 0 Å². The van der Waals surface area contributed by atoms with Crippen molar-refractivity contribution in [3.63, 3.8) is 0 Å². The van der Waals surface area contributed by atoms with Crippen LogP contribution >= 0.6 is 0 Å². The fourth-order valence-electron chi connectivity index (χ4n) is 9.70. The van der Waals surface area contributed by atoms with Crippen molar-refractivity contribution in [3.05, 3.63) is 267 Å². The fraction of sp³-hybridized carbons (Fsp3) is 0. The van der Waals surface area contributed by atoms with Gasteiger partial charge in [-0.3, -0.25) is 0 Å². The minimum Gasteiger partial charge on any atom is -0.310 e. The normalized spacial score (nSPS) is 11.3. The van der Waals surface area contributed by atoms with Crippen molar-refractivity contribution in [3.8, 4) is 61.3 Å². The van der Waals surface area contributed by atoms with Gasteiger partial charge >= 0.3 is 0 Å². The molecule has 11 aromatic carbocycles. The Hall–Kier alpha value is -8.72. The van der Waals surface area contributed by atoms with Gasteiger partial charge in [0.15, 0.2) is 0 Å². The molecule has 1 aromatic heterocycles. The molecule has 0 unspecified atom stereocenters. The number of benzene rings is 11. The third kappa shape index (κ3) is 7.21. The Labute approximate surface area is 385 Å². The second kappa shape index (κ2) is 16.8. The van der Waals surface area contributed by atoms with Crippen molar-refractivity contribution in [1.82, 2.24) is 4.57 Å². The first-order valence-electron chi connectivity index (χ1n) is 22.7. The minimum absolute atomic E-state index is 1.08. The number of para-hydroxylation sites is 1. The molecule has 310 valence electrons. The molecule has 0 aliphatic rings. The highest BCUT2D eigenvalue weighted by molar-refractivity contribution is 6.17. The van der Waals surface area contributed by atoms with Gasteiger partial charge in [-0.2, -0.15) is 0 Å². The molecule has 0 aliphatic heterocycles. The predicted octanol–water partition coefficient (Wildman–Crippen LogP) is 17.7. The van der Waals surface area contributed by atoms with Crippen LogP contribution in [0.25, 0.3) is 93.9 Å². The summed E-state index contributed by atoms with van der Waals surface area (Å²) < 4.78 is 2.45. The van der Waals surface area contributed by atoms with Gasteiger partial charge in [0.05, 0.1) is 11.0 Å². The van der Waals surface area contributed by atoms with Crippen LogP contribution in [0.15, 0.2) is 267 Å². The second-order valence-corrected chi connectivity index (χ2v) is 17.0. The Balaban J connectivity index is 1.05. The summed E-state index contributed by atoms with van der Waals surface area (Å²) in [6, 6.07) is 97.0. The van der Waals surface area contributed by atoms with Gasteiger partial charge in [-0.15, -0.1) is 0 Å². The molecule has 0 atom stereocenters. The number of fused-ring (bicyclic) bond motifs is 4. The Morgan fingerprint density at radius 1 is 0.258 bits per heavy atom. The van der Waals surface area contributed by atoms with E-state index in [1.165, 1.54) is 82.6 Å². The molecule has 0 aliphatic carbocycles. The van der Waals surface area contributed by atoms with Crippen molar-refractivity contribution in [2.24, 2.45) is 0 Å². The molecular formula is C64H44N2. The molecule has 0 saturated heterocycles. The van der Waals surface area contributed by atoms with Crippen LogP contribution in [0, 0.1) is 0 Å². The second-order valence-electron chi connectivity index (χ2n) is 17.0. The van der Waals surface area contributed by atoms with Crippen molar-refractivity contribution in [2.75, 3.05) is 4.90 Å². The van der Waals surface area contributed by atoms with E-state index in [0.717, 1.165) is 28.3 Å². The SMILES string of the molecule is c1ccc(-c2ccc(N(c3ccc(-c4ccc5ccccc5c4)cc3)c3cccc(-c4cc(-c5ccccc5)cc5c4c4ccc(-c6ccccc6)cc4n5-c4ccccc4)c3)cc2)cc1. The van der Waals surface area contributed by atoms with E-state index in [1.807, 2.05) is 0 Å².